The van der Waals surface area contributed by atoms with Crippen LogP contribution in [0.15, 0.2) is 17.9 Å². The Morgan fingerprint density at radius 1 is 1.19 bits per heavy atom. The zero-order valence-electron chi connectivity index (χ0n) is 19.1. The molecule has 0 aliphatic carbocycles. The lowest BCUT2D eigenvalue weighted by Gasteiger charge is -2.43. The summed E-state index contributed by atoms with van der Waals surface area (Å²) in [6, 6.07) is 3.92. The van der Waals surface area contributed by atoms with Crippen molar-refractivity contribution in [3.8, 4) is 11.8 Å². The Morgan fingerprint density at radius 3 is 2.32 bits per heavy atom. The summed E-state index contributed by atoms with van der Waals surface area (Å²) in [5.74, 6) is 6.19. The second kappa shape index (κ2) is 9.13. The molecule has 7 heteroatoms. The molecule has 0 unspecified atom stereocenters. The summed E-state index contributed by atoms with van der Waals surface area (Å²) in [5.41, 5.74) is 3.18. The highest BCUT2D eigenvalue weighted by molar-refractivity contribution is 6.24. The van der Waals surface area contributed by atoms with Crippen molar-refractivity contribution in [3.63, 3.8) is 0 Å². The zero-order chi connectivity index (χ0) is 22.8. The number of nitrogens with zero attached hydrogens (tertiary/aromatic N) is 2. The third kappa shape index (κ3) is 4.06. The smallest absolute Gasteiger partial charge is 0.434 e. The van der Waals surface area contributed by atoms with Gasteiger partial charge in [0.2, 0.25) is 0 Å². The van der Waals surface area contributed by atoms with E-state index >= 15 is 0 Å². The lowest BCUT2D eigenvalue weighted by Crippen LogP contribution is -2.53. The standard InChI is InChI=1S/C24H30N2O5/c1-7-9-18-14-16(3)19(17(4)15-18)20-21(31-23(28)30-8-2)24(25(5)22(20)27)10-12-26(29-6)13-11-24/h14-15H,8,10-13H2,1-6H3. The average Bonchev–Trinajstić information content (AvgIpc) is 2.91. The molecule has 0 N–H and O–H groups in total. The van der Waals surface area contributed by atoms with E-state index in [9.17, 15) is 9.59 Å². The van der Waals surface area contributed by atoms with E-state index in [0.717, 1.165) is 22.3 Å². The molecular weight excluding hydrogens is 396 g/mol. The summed E-state index contributed by atoms with van der Waals surface area (Å²) in [7, 11) is 3.40. The summed E-state index contributed by atoms with van der Waals surface area (Å²) >= 11 is 0. The van der Waals surface area contributed by atoms with Gasteiger partial charge in [-0.1, -0.05) is 5.92 Å². The van der Waals surface area contributed by atoms with Crippen molar-refractivity contribution in [2.24, 2.45) is 0 Å². The van der Waals surface area contributed by atoms with Crippen LogP contribution in [0.3, 0.4) is 0 Å². The Kier molecular flexibility index (Phi) is 6.73. The number of rotatable bonds is 4. The van der Waals surface area contributed by atoms with Crippen molar-refractivity contribution in [2.75, 3.05) is 33.9 Å². The number of amides is 1. The molecule has 2 aliphatic rings. The third-order valence-electron chi connectivity index (χ3n) is 6.12. The second-order valence-electron chi connectivity index (χ2n) is 7.86. The number of aryl methyl sites for hydroxylation is 2. The van der Waals surface area contributed by atoms with Crippen molar-refractivity contribution >= 4 is 17.6 Å². The minimum atomic E-state index is -0.796. The van der Waals surface area contributed by atoms with Crippen molar-refractivity contribution < 1.29 is 23.9 Å². The Morgan fingerprint density at radius 2 is 1.81 bits per heavy atom. The van der Waals surface area contributed by atoms with Gasteiger partial charge in [-0.05, 0) is 69.4 Å². The minimum absolute atomic E-state index is 0.161. The van der Waals surface area contributed by atoms with Crippen LogP contribution in [-0.2, 0) is 19.1 Å². The topological polar surface area (TPSA) is 68.3 Å². The van der Waals surface area contributed by atoms with Crippen LogP contribution in [0.25, 0.3) is 5.57 Å². The predicted molar refractivity (Wildman–Crippen MR) is 117 cm³/mol. The Labute approximate surface area is 183 Å². The van der Waals surface area contributed by atoms with Gasteiger partial charge in [-0.15, -0.1) is 5.92 Å². The molecule has 1 aromatic rings. The first kappa shape index (κ1) is 22.9. The second-order valence-corrected chi connectivity index (χ2v) is 7.86. The number of ether oxygens (including phenoxy) is 2. The molecule has 1 amide bonds. The number of hydroxylamine groups is 2. The van der Waals surface area contributed by atoms with Crippen LogP contribution in [0.1, 0.15) is 48.9 Å². The van der Waals surface area contributed by atoms with Gasteiger partial charge in [-0.25, -0.2) is 4.79 Å². The first-order valence-corrected chi connectivity index (χ1v) is 10.5. The molecule has 1 fully saturated rings. The number of benzene rings is 1. The van der Waals surface area contributed by atoms with E-state index in [4.69, 9.17) is 14.3 Å². The van der Waals surface area contributed by atoms with Crippen LogP contribution in [0, 0.1) is 25.7 Å². The molecule has 1 aromatic carbocycles. The van der Waals surface area contributed by atoms with Crippen molar-refractivity contribution in [1.29, 1.82) is 0 Å². The third-order valence-corrected chi connectivity index (χ3v) is 6.12. The van der Waals surface area contributed by atoms with Gasteiger partial charge in [0.1, 0.15) is 5.54 Å². The molecule has 7 nitrogen and oxygen atoms in total. The fourth-order valence-corrected chi connectivity index (χ4v) is 4.62. The van der Waals surface area contributed by atoms with E-state index in [2.05, 4.69) is 11.8 Å². The summed E-state index contributed by atoms with van der Waals surface area (Å²) in [4.78, 5) is 33.0. The molecule has 2 heterocycles. The molecule has 1 spiro atoms. The van der Waals surface area contributed by atoms with Crippen molar-refractivity contribution in [1.82, 2.24) is 9.96 Å². The molecule has 0 aromatic heterocycles. The average molecular weight is 427 g/mol. The molecule has 0 bridgehead atoms. The monoisotopic (exact) mass is 426 g/mol. The number of carbonyl (C=O) groups excluding carboxylic acids is 2. The highest BCUT2D eigenvalue weighted by Crippen LogP contribution is 2.47. The van der Waals surface area contributed by atoms with E-state index in [1.807, 2.05) is 31.0 Å². The summed E-state index contributed by atoms with van der Waals surface area (Å²) in [6.07, 6.45) is 0.368. The Balaban J connectivity index is 2.19. The molecule has 0 atom stereocenters. The summed E-state index contributed by atoms with van der Waals surface area (Å²) in [5, 5.41) is 1.85. The predicted octanol–water partition coefficient (Wildman–Crippen LogP) is 3.43. The van der Waals surface area contributed by atoms with Crippen molar-refractivity contribution in [3.05, 3.63) is 40.1 Å². The number of carbonyl (C=O) groups is 2. The van der Waals surface area contributed by atoms with E-state index in [-0.39, 0.29) is 12.5 Å². The van der Waals surface area contributed by atoms with Gasteiger partial charge < -0.3 is 19.2 Å². The largest absolute Gasteiger partial charge is 0.513 e. The number of likely N-dealkylation sites (N-methyl/N-ethyl adjacent to an activating group) is 1. The van der Waals surface area contributed by atoms with Crippen LogP contribution in [0.4, 0.5) is 4.79 Å². The lowest BCUT2D eigenvalue weighted by molar-refractivity contribution is -0.162. The van der Waals surface area contributed by atoms with Crippen molar-refractivity contribution in [2.45, 2.75) is 46.1 Å². The first-order chi connectivity index (χ1) is 14.8. The maximum absolute atomic E-state index is 13.6. The molecule has 1 saturated heterocycles. The molecule has 3 rings (SSSR count). The minimum Gasteiger partial charge on any atom is -0.434 e. The highest BCUT2D eigenvalue weighted by atomic mass is 16.7. The zero-order valence-corrected chi connectivity index (χ0v) is 19.1. The number of hydrogen-bond donors (Lipinski definition) is 0. The summed E-state index contributed by atoms with van der Waals surface area (Å²) < 4.78 is 10.8. The van der Waals surface area contributed by atoms with Gasteiger partial charge in [0, 0.05) is 25.7 Å². The van der Waals surface area contributed by atoms with Crippen LogP contribution in [0.2, 0.25) is 0 Å². The highest BCUT2D eigenvalue weighted by Gasteiger charge is 2.54. The SMILES string of the molecule is CC#Cc1cc(C)c(C2=C(OC(=O)OCC)C3(CCN(OC)CC3)N(C)C2=O)c(C)c1. The number of hydrogen-bond acceptors (Lipinski definition) is 6. The maximum Gasteiger partial charge on any atom is 0.513 e. The number of piperidine rings is 1. The van der Waals surface area contributed by atoms with Crippen LogP contribution >= 0.6 is 0 Å². The van der Waals surface area contributed by atoms with Gasteiger partial charge >= 0.3 is 6.16 Å². The fraction of sp³-hybridized carbons (Fsp3) is 0.500. The molecule has 31 heavy (non-hydrogen) atoms. The van der Waals surface area contributed by atoms with Crippen LogP contribution in [-0.4, -0.2) is 61.4 Å². The van der Waals surface area contributed by atoms with Gasteiger partial charge in [0.25, 0.3) is 5.91 Å². The molecule has 0 radical (unpaired) electrons. The molecule has 0 saturated carbocycles. The molecule has 166 valence electrons. The van der Waals surface area contributed by atoms with Crippen LogP contribution in [0.5, 0.6) is 0 Å². The maximum atomic E-state index is 13.6. The first-order valence-electron chi connectivity index (χ1n) is 10.5. The van der Waals surface area contributed by atoms with E-state index in [0.29, 0.717) is 37.3 Å². The van der Waals surface area contributed by atoms with Crippen LogP contribution < -0.4 is 0 Å². The van der Waals surface area contributed by atoms with E-state index < -0.39 is 11.7 Å². The van der Waals surface area contributed by atoms with E-state index in [1.165, 1.54) is 0 Å². The van der Waals surface area contributed by atoms with Gasteiger partial charge in [-0.2, -0.15) is 5.06 Å². The Bertz CT molecular complexity index is 954. The normalized spacial score (nSPS) is 18.3. The van der Waals surface area contributed by atoms with Gasteiger partial charge in [-0.3, -0.25) is 4.79 Å². The van der Waals surface area contributed by atoms with E-state index in [1.54, 1.807) is 32.9 Å². The quantitative estimate of drug-likeness (QED) is 0.543. The summed E-state index contributed by atoms with van der Waals surface area (Å²) in [6.45, 7) is 8.82. The molecule has 2 aliphatic heterocycles. The lowest BCUT2D eigenvalue weighted by atomic mass is 9.84. The molecular formula is C24H30N2O5. The fourth-order valence-electron chi connectivity index (χ4n) is 4.62. The Hall–Kier alpha value is -2.82. The van der Waals surface area contributed by atoms with Gasteiger partial charge in [0.15, 0.2) is 5.76 Å². The van der Waals surface area contributed by atoms with Gasteiger partial charge in [0.05, 0.1) is 19.3 Å².